The molecule has 0 bridgehead atoms. The maximum Gasteiger partial charge on any atom is 0.290 e. The lowest BCUT2D eigenvalue weighted by molar-refractivity contribution is 0.0902. The number of rotatable bonds is 4. The lowest BCUT2D eigenvalue weighted by Gasteiger charge is -2.13. The summed E-state index contributed by atoms with van der Waals surface area (Å²) in [6, 6.07) is 2.11. The SMILES string of the molecule is COc1cc(C(=O)N[C@@H](C)c2cc(F)c(F)c(F)c2)on1. The second-order valence-electron chi connectivity index (χ2n) is 4.23. The van der Waals surface area contributed by atoms with E-state index in [0.717, 1.165) is 12.1 Å². The lowest BCUT2D eigenvalue weighted by atomic mass is 10.1. The number of ether oxygens (including phenoxy) is 1. The molecule has 0 unspecified atom stereocenters. The number of nitrogens with zero attached hydrogens (tertiary/aromatic N) is 1. The first kappa shape index (κ1) is 14.9. The van der Waals surface area contributed by atoms with Crippen LogP contribution in [0, 0.1) is 17.5 Å². The van der Waals surface area contributed by atoms with Gasteiger partial charge in [-0.1, -0.05) is 0 Å². The first-order chi connectivity index (χ1) is 9.92. The average molecular weight is 300 g/mol. The first-order valence-electron chi connectivity index (χ1n) is 5.88. The molecule has 21 heavy (non-hydrogen) atoms. The number of aromatic nitrogens is 1. The van der Waals surface area contributed by atoms with E-state index in [-0.39, 0.29) is 17.2 Å². The third-order valence-corrected chi connectivity index (χ3v) is 2.78. The van der Waals surface area contributed by atoms with Crippen molar-refractivity contribution in [3.8, 4) is 5.88 Å². The molecule has 0 aliphatic carbocycles. The van der Waals surface area contributed by atoms with Crippen LogP contribution in [0.4, 0.5) is 13.2 Å². The van der Waals surface area contributed by atoms with Gasteiger partial charge in [0.1, 0.15) is 0 Å². The quantitative estimate of drug-likeness (QED) is 0.882. The van der Waals surface area contributed by atoms with Gasteiger partial charge < -0.3 is 14.6 Å². The van der Waals surface area contributed by atoms with E-state index in [1.807, 2.05) is 0 Å². The summed E-state index contributed by atoms with van der Waals surface area (Å²) in [7, 11) is 1.35. The fourth-order valence-electron chi connectivity index (χ4n) is 1.64. The highest BCUT2D eigenvalue weighted by atomic mass is 19.2. The van der Waals surface area contributed by atoms with Crippen molar-refractivity contribution in [3.05, 3.63) is 47.0 Å². The Hall–Kier alpha value is -2.51. The monoisotopic (exact) mass is 300 g/mol. The zero-order valence-corrected chi connectivity index (χ0v) is 11.1. The van der Waals surface area contributed by atoms with Gasteiger partial charge in [0.2, 0.25) is 5.76 Å². The van der Waals surface area contributed by atoms with Crippen molar-refractivity contribution in [2.75, 3.05) is 7.11 Å². The highest BCUT2D eigenvalue weighted by Crippen LogP contribution is 2.20. The van der Waals surface area contributed by atoms with E-state index in [1.54, 1.807) is 0 Å². The predicted molar refractivity (Wildman–Crippen MR) is 65.3 cm³/mol. The minimum absolute atomic E-state index is 0.0752. The van der Waals surface area contributed by atoms with Gasteiger partial charge >= 0.3 is 0 Å². The number of amides is 1. The van der Waals surface area contributed by atoms with Gasteiger partial charge in [0.05, 0.1) is 19.2 Å². The van der Waals surface area contributed by atoms with Crippen LogP contribution in [0.5, 0.6) is 5.88 Å². The molecule has 5 nitrogen and oxygen atoms in total. The molecule has 1 amide bonds. The molecule has 0 saturated carbocycles. The summed E-state index contributed by atoms with van der Waals surface area (Å²) in [5.74, 6) is -4.87. The predicted octanol–water partition coefficient (Wildman–Crippen LogP) is 2.59. The first-order valence-corrected chi connectivity index (χ1v) is 5.88. The molecule has 0 aliphatic rings. The molecule has 1 atom stereocenters. The van der Waals surface area contributed by atoms with Crippen LogP contribution in [-0.2, 0) is 0 Å². The van der Waals surface area contributed by atoms with Crippen LogP contribution < -0.4 is 10.1 Å². The van der Waals surface area contributed by atoms with Crippen LogP contribution in [0.25, 0.3) is 0 Å². The van der Waals surface area contributed by atoms with Crippen molar-refractivity contribution in [2.24, 2.45) is 0 Å². The third kappa shape index (κ3) is 3.15. The summed E-state index contributed by atoms with van der Waals surface area (Å²) < 4.78 is 48.6. The number of benzene rings is 1. The topological polar surface area (TPSA) is 64.4 Å². The molecule has 1 aromatic heterocycles. The van der Waals surface area contributed by atoms with Crippen molar-refractivity contribution in [2.45, 2.75) is 13.0 Å². The van der Waals surface area contributed by atoms with Gasteiger partial charge in [0, 0.05) is 0 Å². The molecule has 1 N–H and O–H groups in total. The van der Waals surface area contributed by atoms with E-state index >= 15 is 0 Å². The number of halogens is 3. The zero-order chi connectivity index (χ0) is 15.6. The van der Waals surface area contributed by atoms with E-state index in [2.05, 4.69) is 10.5 Å². The molecule has 0 saturated heterocycles. The van der Waals surface area contributed by atoms with E-state index in [1.165, 1.54) is 20.1 Å². The average Bonchev–Trinajstić information content (AvgIpc) is 2.93. The Kier molecular flexibility index (Phi) is 4.15. The fraction of sp³-hybridized carbons (Fsp3) is 0.231. The highest BCUT2D eigenvalue weighted by molar-refractivity contribution is 5.91. The molecule has 1 heterocycles. The van der Waals surface area contributed by atoms with Crippen LogP contribution >= 0.6 is 0 Å². The summed E-state index contributed by atoms with van der Waals surface area (Å²) in [4.78, 5) is 11.8. The van der Waals surface area contributed by atoms with Crippen LogP contribution in [0.3, 0.4) is 0 Å². The van der Waals surface area contributed by atoms with Crippen LogP contribution in [-0.4, -0.2) is 18.2 Å². The van der Waals surface area contributed by atoms with Gasteiger partial charge in [-0.05, 0) is 29.8 Å². The van der Waals surface area contributed by atoms with E-state index in [4.69, 9.17) is 9.26 Å². The number of carbonyl (C=O) groups excluding carboxylic acids is 1. The molecule has 2 rings (SSSR count). The number of hydrogen-bond acceptors (Lipinski definition) is 4. The maximum absolute atomic E-state index is 13.1. The van der Waals surface area contributed by atoms with Crippen LogP contribution in [0.2, 0.25) is 0 Å². The van der Waals surface area contributed by atoms with Crippen molar-refractivity contribution < 1.29 is 27.2 Å². The zero-order valence-electron chi connectivity index (χ0n) is 11.1. The van der Waals surface area contributed by atoms with Crippen molar-refractivity contribution in [3.63, 3.8) is 0 Å². The number of nitrogens with one attached hydrogen (secondary N) is 1. The Morgan fingerprint density at radius 3 is 2.43 bits per heavy atom. The smallest absolute Gasteiger partial charge is 0.290 e. The van der Waals surface area contributed by atoms with E-state index in [0.29, 0.717) is 0 Å². The standard InChI is InChI=1S/C13H11F3N2O3/c1-6(7-3-8(14)12(16)9(15)4-7)17-13(19)10-5-11(20-2)18-21-10/h3-6H,1-2H3,(H,17,19)/t6-/m0/s1. The number of carbonyl (C=O) groups is 1. The Bertz CT molecular complexity index is 649. The number of methoxy groups -OCH3 is 1. The van der Waals surface area contributed by atoms with Crippen molar-refractivity contribution in [1.82, 2.24) is 10.5 Å². The number of hydrogen-bond donors (Lipinski definition) is 1. The molecule has 0 fully saturated rings. The van der Waals surface area contributed by atoms with Crippen LogP contribution in [0.15, 0.2) is 22.7 Å². The third-order valence-electron chi connectivity index (χ3n) is 2.78. The fourth-order valence-corrected chi connectivity index (χ4v) is 1.64. The molecule has 0 aliphatic heterocycles. The highest BCUT2D eigenvalue weighted by Gasteiger charge is 2.19. The summed E-state index contributed by atoms with van der Waals surface area (Å²) in [6.07, 6.45) is 0. The molecular formula is C13H11F3N2O3. The second kappa shape index (κ2) is 5.86. The Morgan fingerprint density at radius 2 is 1.90 bits per heavy atom. The van der Waals surface area contributed by atoms with Gasteiger partial charge in [-0.25, -0.2) is 13.2 Å². The molecule has 112 valence electrons. The molecular weight excluding hydrogens is 289 g/mol. The minimum atomic E-state index is -1.56. The van der Waals surface area contributed by atoms with Gasteiger partial charge in [0.15, 0.2) is 17.5 Å². The Morgan fingerprint density at radius 1 is 1.29 bits per heavy atom. The summed E-state index contributed by atoms with van der Waals surface area (Å²) in [5.41, 5.74) is 0.0752. The Labute approximate surface area is 117 Å². The molecule has 0 radical (unpaired) electrons. The molecule has 0 spiro atoms. The minimum Gasteiger partial charge on any atom is -0.479 e. The maximum atomic E-state index is 13.1. The van der Waals surface area contributed by atoms with Crippen molar-refractivity contribution in [1.29, 1.82) is 0 Å². The normalized spacial score (nSPS) is 12.0. The molecule has 2 aromatic rings. The van der Waals surface area contributed by atoms with Crippen molar-refractivity contribution >= 4 is 5.91 Å². The lowest BCUT2D eigenvalue weighted by Crippen LogP contribution is -2.26. The molecule has 1 aromatic carbocycles. The molecule has 8 heteroatoms. The largest absolute Gasteiger partial charge is 0.479 e. The summed E-state index contributed by atoms with van der Waals surface area (Å²) >= 11 is 0. The van der Waals surface area contributed by atoms with Gasteiger partial charge in [0.25, 0.3) is 11.8 Å². The second-order valence-corrected chi connectivity index (χ2v) is 4.23. The Balaban J connectivity index is 2.14. The summed E-state index contributed by atoms with van der Waals surface area (Å²) in [6.45, 7) is 1.48. The van der Waals surface area contributed by atoms with Gasteiger partial charge in [-0.3, -0.25) is 4.79 Å². The van der Waals surface area contributed by atoms with Crippen LogP contribution in [0.1, 0.15) is 29.1 Å². The van der Waals surface area contributed by atoms with Gasteiger partial charge in [-0.2, -0.15) is 0 Å². The van der Waals surface area contributed by atoms with Gasteiger partial charge in [-0.15, -0.1) is 0 Å². The van der Waals surface area contributed by atoms with E-state index in [9.17, 15) is 18.0 Å². The van der Waals surface area contributed by atoms with E-state index < -0.39 is 29.4 Å². The summed E-state index contributed by atoms with van der Waals surface area (Å²) in [5, 5.41) is 5.89.